The quantitative estimate of drug-likeness (QED) is 0.717. The zero-order chi connectivity index (χ0) is 15.1. The standard InChI is InChI=1S/C13H25NO5/c1-9(11(16)18-5)6-7-10(8-15)14-12(17)19-13(2,3)4/h9-10,15H,6-8H2,1-5H3,(H,14,17). The number of rotatable bonds is 6. The molecule has 1 amide bonds. The van der Waals surface area contributed by atoms with Crippen LogP contribution in [0.1, 0.15) is 40.5 Å². The first kappa shape index (κ1) is 17.7. The van der Waals surface area contributed by atoms with Gasteiger partial charge in [0.2, 0.25) is 0 Å². The van der Waals surface area contributed by atoms with Crippen molar-refractivity contribution in [1.82, 2.24) is 5.32 Å². The number of carbonyl (C=O) groups is 2. The molecule has 0 aromatic rings. The highest BCUT2D eigenvalue weighted by atomic mass is 16.6. The predicted molar refractivity (Wildman–Crippen MR) is 70.7 cm³/mol. The first-order chi connectivity index (χ1) is 8.69. The fourth-order valence-corrected chi connectivity index (χ4v) is 1.45. The van der Waals surface area contributed by atoms with E-state index >= 15 is 0 Å². The highest BCUT2D eigenvalue weighted by Gasteiger charge is 2.21. The molecule has 0 bridgehead atoms. The van der Waals surface area contributed by atoms with E-state index in [4.69, 9.17) is 4.74 Å². The molecule has 0 spiro atoms. The van der Waals surface area contributed by atoms with Crippen LogP contribution in [-0.2, 0) is 14.3 Å². The molecule has 0 rings (SSSR count). The van der Waals surface area contributed by atoms with Crippen LogP contribution in [0, 0.1) is 5.92 Å². The van der Waals surface area contributed by atoms with Crippen molar-refractivity contribution in [1.29, 1.82) is 0 Å². The van der Waals surface area contributed by atoms with Crippen molar-refractivity contribution < 1.29 is 24.2 Å². The summed E-state index contributed by atoms with van der Waals surface area (Å²) in [7, 11) is 1.33. The molecule has 0 aliphatic heterocycles. The number of methoxy groups -OCH3 is 1. The second kappa shape index (κ2) is 7.99. The molecule has 2 atom stereocenters. The molecule has 6 heteroatoms. The van der Waals surface area contributed by atoms with Crippen molar-refractivity contribution in [2.45, 2.75) is 52.2 Å². The van der Waals surface area contributed by atoms with Crippen LogP contribution in [0.4, 0.5) is 4.79 Å². The van der Waals surface area contributed by atoms with Crippen molar-refractivity contribution in [3.63, 3.8) is 0 Å². The van der Waals surface area contributed by atoms with Gasteiger partial charge in [0.1, 0.15) is 5.60 Å². The van der Waals surface area contributed by atoms with E-state index in [0.29, 0.717) is 12.8 Å². The number of nitrogens with one attached hydrogen (secondary N) is 1. The molecule has 19 heavy (non-hydrogen) atoms. The summed E-state index contributed by atoms with van der Waals surface area (Å²) in [4.78, 5) is 22.8. The summed E-state index contributed by atoms with van der Waals surface area (Å²) in [5.41, 5.74) is -0.580. The maximum Gasteiger partial charge on any atom is 0.407 e. The fraction of sp³-hybridized carbons (Fsp3) is 0.846. The SMILES string of the molecule is COC(=O)C(C)CCC(CO)NC(=O)OC(C)(C)C. The predicted octanol–water partition coefficient (Wildman–Crippen LogP) is 1.46. The van der Waals surface area contributed by atoms with Crippen LogP contribution in [0.5, 0.6) is 0 Å². The van der Waals surface area contributed by atoms with Crippen molar-refractivity contribution in [3.8, 4) is 0 Å². The summed E-state index contributed by atoms with van der Waals surface area (Å²) in [5.74, 6) is -0.562. The fourth-order valence-electron chi connectivity index (χ4n) is 1.45. The van der Waals surface area contributed by atoms with Gasteiger partial charge in [0.05, 0.1) is 25.7 Å². The molecule has 0 heterocycles. The van der Waals surface area contributed by atoms with Crippen molar-refractivity contribution in [2.75, 3.05) is 13.7 Å². The number of hydrogen-bond donors (Lipinski definition) is 2. The lowest BCUT2D eigenvalue weighted by Gasteiger charge is -2.23. The molecule has 0 fully saturated rings. The lowest BCUT2D eigenvalue weighted by atomic mass is 10.0. The summed E-state index contributed by atoms with van der Waals surface area (Å²) in [6.07, 6.45) is 0.428. The van der Waals surface area contributed by atoms with E-state index in [9.17, 15) is 14.7 Å². The van der Waals surface area contributed by atoms with Crippen molar-refractivity contribution in [2.24, 2.45) is 5.92 Å². The molecule has 2 unspecified atom stereocenters. The van der Waals surface area contributed by atoms with Gasteiger partial charge in [-0.2, -0.15) is 0 Å². The molecular weight excluding hydrogens is 250 g/mol. The highest BCUT2D eigenvalue weighted by molar-refractivity contribution is 5.71. The Kier molecular flexibility index (Phi) is 7.44. The third kappa shape index (κ3) is 8.42. The van der Waals surface area contributed by atoms with Gasteiger partial charge in [0.25, 0.3) is 0 Å². The zero-order valence-corrected chi connectivity index (χ0v) is 12.4. The maximum absolute atomic E-state index is 11.5. The van der Waals surface area contributed by atoms with Crippen LogP contribution in [-0.4, -0.2) is 42.5 Å². The minimum absolute atomic E-state index is 0.201. The first-order valence-corrected chi connectivity index (χ1v) is 6.37. The number of esters is 1. The van der Waals surface area contributed by atoms with Crippen LogP contribution in [0.15, 0.2) is 0 Å². The number of amides is 1. The first-order valence-electron chi connectivity index (χ1n) is 6.37. The van der Waals surface area contributed by atoms with Gasteiger partial charge in [-0.1, -0.05) is 6.92 Å². The van der Waals surface area contributed by atoms with E-state index in [1.807, 2.05) is 0 Å². The summed E-state index contributed by atoms with van der Waals surface area (Å²) < 4.78 is 9.70. The zero-order valence-electron chi connectivity index (χ0n) is 12.4. The van der Waals surface area contributed by atoms with E-state index in [-0.39, 0.29) is 18.5 Å². The summed E-state index contributed by atoms with van der Waals surface area (Å²) >= 11 is 0. The Balaban J connectivity index is 4.15. The largest absolute Gasteiger partial charge is 0.469 e. The van der Waals surface area contributed by atoms with Gasteiger partial charge >= 0.3 is 12.1 Å². The lowest BCUT2D eigenvalue weighted by molar-refractivity contribution is -0.145. The van der Waals surface area contributed by atoms with E-state index in [2.05, 4.69) is 10.1 Å². The molecule has 0 saturated heterocycles. The number of carbonyl (C=O) groups excluding carboxylic acids is 2. The monoisotopic (exact) mass is 275 g/mol. The number of alkyl carbamates (subject to hydrolysis) is 1. The van der Waals surface area contributed by atoms with Crippen LogP contribution < -0.4 is 5.32 Å². The third-order valence-corrected chi connectivity index (χ3v) is 2.49. The maximum atomic E-state index is 11.5. The minimum atomic E-state index is -0.580. The van der Waals surface area contributed by atoms with Crippen LogP contribution in [0.25, 0.3) is 0 Å². The smallest absolute Gasteiger partial charge is 0.407 e. The van der Waals surface area contributed by atoms with E-state index in [0.717, 1.165) is 0 Å². The average Bonchev–Trinajstić information content (AvgIpc) is 2.30. The average molecular weight is 275 g/mol. The van der Waals surface area contributed by atoms with Gasteiger partial charge in [-0.25, -0.2) is 4.79 Å². The number of ether oxygens (including phenoxy) is 2. The summed E-state index contributed by atoms with van der Waals surface area (Å²) in [6, 6.07) is -0.429. The molecule has 0 aromatic heterocycles. The number of aliphatic hydroxyl groups excluding tert-OH is 1. The van der Waals surface area contributed by atoms with Gasteiger partial charge in [-0.15, -0.1) is 0 Å². The molecule has 0 aliphatic rings. The number of aliphatic hydroxyl groups is 1. The second-order valence-corrected chi connectivity index (χ2v) is 5.53. The minimum Gasteiger partial charge on any atom is -0.469 e. The Morgan fingerprint density at radius 3 is 2.26 bits per heavy atom. The molecule has 2 N–H and O–H groups in total. The van der Waals surface area contributed by atoms with E-state index < -0.39 is 17.7 Å². The van der Waals surface area contributed by atoms with Gasteiger partial charge in [-0.3, -0.25) is 4.79 Å². The van der Waals surface area contributed by atoms with Gasteiger partial charge < -0.3 is 19.9 Å². The Hall–Kier alpha value is -1.30. The van der Waals surface area contributed by atoms with Crippen molar-refractivity contribution >= 4 is 12.1 Å². The molecule has 0 radical (unpaired) electrons. The van der Waals surface area contributed by atoms with Crippen LogP contribution >= 0.6 is 0 Å². The Bertz CT molecular complexity index is 298. The Morgan fingerprint density at radius 2 is 1.84 bits per heavy atom. The van der Waals surface area contributed by atoms with Crippen LogP contribution in [0.2, 0.25) is 0 Å². The molecule has 6 nitrogen and oxygen atoms in total. The Morgan fingerprint density at radius 1 is 1.26 bits per heavy atom. The highest BCUT2D eigenvalue weighted by Crippen LogP contribution is 2.11. The molecule has 0 aromatic carbocycles. The summed E-state index contributed by atoms with van der Waals surface area (Å²) in [5, 5.41) is 11.8. The van der Waals surface area contributed by atoms with E-state index in [1.54, 1.807) is 27.7 Å². The summed E-state index contributed by atoms with van der Waals surface area (Å²) in [6.45, 7) is 6.83. The van der Waals surface area contributed by atoms with Crippen LogP contribution in [0.3, 0.4) is 0 Å². The molecule has 0 aliphatic carbocycles. The second-order valence-electron chi connectivity index (χ2n) is 5.53. The number of hydrogen-bond acceptors (Lipinski definition) is 5. The topological polar surface area (TPSA) is 84.9 Å². The van der Waals surface area contributed by atoms with E-state index in [1.165, 1.54) is 7.11 Å². The lowest BCUT2D eigenvalue weighted by Crippen LogP contribution is -2.41. The van der Waals surface area contributed by atoms with Gasteiger partial charge in [-0.05, 0) is 33.6 Å². The molecule has 112 valence electrons. The van der Waals surface area contributed by atoms with Crippen molar-refractivity contribution in [3.05, 3.63) is 0 Å². The molecular formula is C13H25NO5. The Labute approximate surface area is 114 Å². The van der Waals surface area contributed by atoms with Gasteiger partial charge in [0, 0.05) is 0 Å². The molecule has 0 saturated carbocycles. The third-order valence-electron chi connectivity index (χ3n) is 2.49. The van der Waals surface area contributed by atoms with Gasteiger partial charge in [0.15, 0.2) is 0 Å². The normalized spacial score (nSPS) is 14.4.